The Bertz CT molecular complexity index is 2040. The summed E-state index contributed by atoms with van der Waals surface area (Å²) in [4.78, 5) is 28.9. The highest BCUT2D eigenvalue weighted by Crippen LogP contribution is 2.34. The van der Waals surface area contributed by atoms with Gasteiger partial charge in [-0.05, 0) is 73.5 Å². The molecule has 4 heterocycles. The lowest BCUT2D eigenvalue weighted by Gasteiger charge is -2.23. The lowest BCUT2D eigenvalue weighted by atomic mass is 10.1. The van der Waals surface area contributed by atoms with Gasteiger partial charge in [-0.15, -0.1) is 0 Å². The topological polar surface area (TPSA) is 108 Å². The van der Waals surface area contributed by atoms with Crippen LogP contribution in [-0.4, -0.2) is 43.1 Å². The van der Waals surface area contributed by atoms with Crippen LogP contribution < -0.4 is 15.5 Å². The van der Waals surface area contributed by atoms with E-state index in [-0.39, 0.29) is 5.56 Å². The monoisotopic (exact) mass is 617 g/mol. The lowest BCUT2D eigenvalue weighted by Crippen LogP contribution is -2.28. The van der Waals surface area contributed by atoms with Crippen LogP contribution in [0.3, 0.4) is 0 Å². The number of anilines is 4. The third-order valence-electron chi connectivity index (χ3n) is 7.90. The number of amides is 1. The van der Waals surface area contributed by atoms with Crippen LogP contribution in [-0.2, 0) is 11.2 Å². The van der Waals surface area contributed by atoms with Crippen LogP contribution in [0.25, 0.3) is 28.3 Å². The highest BCUT2D eigenvalue weighted by molar-refractivity contribution is 5.93. The number of carbonyl (C=O) groups is 1. The quantitative estimate of drug-likeness (QED) is 0.177. The van der Waals surface area contributed by atoms with E-state index in [1.807, 2.05) is 64.0 Å². The molecule has 3 aromatic carbocycles. The van der Waals surface area contributed by atoms with E-state index in [0.29, 0.717) is 39.9 Å². The molecule has 230 valence electrons. The zero-order chi connectivity index (χ0) is 31.6. The third-order valence-corrected chi connectivity index (χ3v) is 7.90. The van der Waals surface area contributed by atoms with E-state index in [4.69, 9.17) is 9.97 Å². The Hall–Kier alpha value is -5.68. The maximum Gasteiger partial charge on any atom is 0.229 e. The number of halogens is 2. The molecule has 1 amide bonds. The van der Waals surface area contributed by atoms with E-state index in [0.717, 1.165) is 42.9 Å². The van der Waals surface area contributed by atoms with Crippen LogP contribution >= 0.6 is 0 Å². The fraction of sp³-hybridized carbons (Fsp3) is 0.143. The molecule has 9 nitrogen and oxygen atoms in total. The molecule has 7 rings (SSSR count). The predicted molar refractivity (Wildman–Crippen MR) is 173 cm³/mol. The van der Waals surface area contributed by atoms with Crippen molar-refractivity contribution in [1.82, 2.24) is 19.4 Å². The van der Waals surface area contributed by atoms with Gasteiger partial charge < -0.3 is 20.6 Å². The molecule has 0 spiro atoms. The summed E-state index contributed by atoms with van der Waals surface area (Å²) in [5, 5.41) is 16.4. The molecule has 1 saturated heterocycles. The predicted octanol–water partition coefficient (Wildman–Crippen LogP) is 6.58. The average molecular weight is 618 g/mol. The number of aliphatic hydroxyl groups excluding tert-OH is 1. The molecule has 0 aliphatic carbocycles. The summed E-state index contributed by atoms with van der Waals surface area (Å²) in [5.74, 6) is -1.70. The minimum absolute atomic E-state index is 0.285. The number of aliphatic hydroxyl groups is 1. The second-order valence-electron chi connectivity index (χ2n) is 11.0. The molecule has 1 unspecified atom stereocenters. The van der Waals surface area contributed by atoms with E-state index >= 15 is 0 Å². The number of carbonyl (C=O) groups excluding carboxylic acids is 1. The third kappa shape index (κ3) is 5.87. The van der Waals surface area contributed by atoms with Gasteiger partial charge >= 0.3 is 0 Å². The smallest absolute Gasteiger partial charge is 0.229 e. The van der Waals surface area contributed by atoms with Crippen LogP contribution in [0.15, 0.2) is 103 Å². The molecule has 0 radical (unpaired) electrons. The van der Waals surface area contributed by atoms with Crippen molar-refractivity contribution >= 4 is 34.6 Å². The standard InChI is InChI=1S/C35H29F2N7O2/c36-27-11-5-12-28(37)26(27)21-31(45)39-23-8-3-7-22(19-23)33-34(44-17-2-1-13-30(44)42-33)29-15-16-38-35(41-29)40-24-9-4-10-25(20-24)43-18-6-14-32(43)46/h1-5,7-13,15-17,19-20,32,46H,6,14,18,21H2,(H,39,45)(H,38,40,41). The van der Waals surface area contributed by atoms with Crippen LogP contribution in [0.4, 0.5) is 31.8 Å². The number of pyridine rings is 1. The summed E-state index contributed by atoms with van der Waals surface area (Å²) < 4.78 is 30.2. The molecular weight excluding hydrogens is 588 g/mol. The number of fused-ring (bicyclic) bond motifs is 1. The summed E-state index contributed by atoms with van der Waals surface area (Å²) in [6, 6.07) is 25.9. The van der Waals surface area contributed by atoms with Gasteiger partial charge in [-0.1, -0.05) is 30.3 Å². The second-order valence-corrected chi connectivity index (χ2v) is 11.0. The Morgan fingerprint density at radius 3 is 2.54 bits per heavy atom. The van der Waals surface area contributed by atoms with Gasteiger partial charge in [-0.2, -0.15) is 0 Å². The molecule has 46 heavy (non-hydrogen) atoms. The SMILES string of the molecule is O=C(Cc1c(F)cccc1F)Nc1cccc(-c2nc3ccccn3c2-c2ccnc(Nc3cccc(N4CCCC4O)c3)n2)c1. The number of hydrogen-bond acceptors (Lipinski definition) is 7. The second kappa shape index (κ2) is 12.4. The molecule has 11 heteroatoms. The van der Waals surface area contributed by atoms with Crippen molar-refractivity contribution in [3.8, 4) is 22.6 Å². The minimum Gasteiger partial charge on any atom is -0.374 e. The van der Waals surface area contributed by atoms with Gasteiger partial charge in [0.05, 0.1) is 23.5 Å². The highest BCUT2D eigenvalue weighted by atomic mass is 19.1. The molecule has 1 atom stereocenters. The Balaban J connectivity index is 1.19. The number of nitrogens with one attached hydrogen (secondary N) is 2. The Morgan fingerprint density at radius 2 is 1.72 bits per heavy atom. The van der Waals surface area contributed by atoms with E-state index < -0.39 is 30.2 Å². The molecular formula is C35H29F2N7O2. The fourth-order valence-electron chi connectivity index (χ4n) is 5.75. The van der Waals surface area contributed by atoms with Crippen LogP contribution in [0.2, 0.25) is 0 Å². The van der Waals surface area contributed by atoms with E-state index in [1.54, 1.807) is 30.5 Å². The summed E-state index contributed by atoms with van der Waals surface area (Å²) in [5.41, 5.74) is 5.22. The summed E-state index contributed by atoms with van der Waals surface area (Å²) in [6.07, 6.45) is 4.31. The molecule has 1 aliphatic heterocycles. The van der Waals surface area contributed by atoms with Crippen molar-refractivity contribution in [3.63, 3.8) is 0 Å². The van der Waals surface area contributed by atoms with Crippen molar-refractivity contribution in [2.45, 2.75) is 25.5 Å². The van der Waals surface area contributed by atoms with Crippen molar-refractivity contribution in [1.29, 1.82) is 0 Å². The summed E-state index contributed by atoms with van der Waals surface area (Å²) in [6.45, 7) is 0.794. The van der Waals surface area contributed by atoms with Gasteiger partial charge in [0.2, 0.25) is 11.9 Å². The van der Waals surface area contributed by atoms with Crippen molar-refractivity contribution < 1.29 is 18.7 Å². The Morgan fingerprint density at radius 1 is 0.913 bits per heavy atom. The zero-order valence-corrected chi connectivity index (χ0v) is 24.6. The van der Waals surface area contributed by atoms with Crippen LogP contribution in [0, 0.1) is 11.6 Å². The number of rotatable bonds is 8. The minimum atomic E-state index is -0.768. The largest absolute Gasteiger partial charge is 0.374 e. The van der Waals surface area contributed by atoms with Gasteiger partial charge in [0.25, 0.3) is 0 Å². The first-order chi connectivity index (χ1) is 22.4. The molecule has 3 aromatic heterocycles. The molecule has 0 bridgehead atoms. The molecule has 0 saturated carbocycles. The van der Waals surface area contributed by atoms with E-state index in [1.165, 1.54) is 6.07 Å². The van der Waals surface area contributed by atoms with Gasteiger partial charge in [0.1, 0.15) is 23.5 Å². The van der Waals surface area contributed by atoms with E-state index in [9.17, 15) is 18.7 Å². The number of imidazole rings is 1. The first kappa shape index (κ1) is 29.1. The van der Waals surface area contributed by atoms with Gasteiger partial charge in [-0.25, -0.2) is 23.7 Å². The summed E-state index contributed by atoms with van der Waals surface area (Å²) >= 11 is 0. The van der Waals surface area contributed by atoms with E-state index in [2.05, 4.69) is 15.6 Å². The highest BCUT2D eigenvalue weighted by Gasteiger charge is 2.23. The summed E-state index contributed by atoms with van der Waals surface area (Å²) in [7, 11) is 0. The molecule has 1 fully saturated rings. The number of nitrogens with zero attached hydrogens (tertiary/aromatic N) is 5. The van der Waals surface area contributed by atoms with Crippen molar-refractivity contribution in [3.05, 3.63) is 121 Å². The average Bonchev–Trinajstić information content (AvgIpc) is 3.67. The zero-order valence-electron chi connectivity index (χ0n) is 24.6. The lowest BCUT2D eigenvalue weighted by molar-refractivity contribution is -0.115. The van der Waals surface area contributed by atoms with Crippen molar-refractivity contribution in [2.75, 3.05) is 22.1 Å². The normalized spacial score (nSPS) is 14.5. The number of aromatic nitrogens is 4. The van der Waals surface area contributed by atoms with Gasteiger partial charge in [0, 0.05) is 47.1 Å². The first-order valence-electron chi connectivity index (χ1n) is 14.9. The first-order valence-corrected chi connectivity index (χ1v) is 14.9. The van der Waals surface area contributed by atoms with Crippen LogP contribution in [0.1, 0.15) is 18.4 Å². The molecule has 3 N–H and O–H groups in total. The molecule has 6 aromatic rings. The molecule has 1 aliphatic rings. The Kier molecular flexibility index (Phi) is 7.81. The van der Waals surface area contributed by atoms with Crippen molar-refractivity contribution in [2.24, 2.45) is 0 Å². The maximum absolute atomic E-state index is 14.1. The number of hydrogen-bond donors (Lipinski definition) is 3. The van der Waals surface area contributed by atoms with Crippen LogP contribution in [0.5, 0.6) is 0 Å². The van der Waals surface area contributed by atoms with Gasteiger partial charge in [0.15, 0.2) is 0 Å². The number of benzene rings is 3. The maximum atomic E-state index is 14.1. The van der Waals surface area contributed by atoms with Gasteiger partial charge in [-0.3, -0.25) is 9.20 Å². The Labute approximate surface area is 263 Å². The fourth-order valence-corrected chi connectivity index (χ4v) is 5.75.